The highest BCUT2D eigenvalue weighted by Gasteiger charge is 2.66. The van der Waals surface area contributed by atoms with E-state index in [1.807, 2.05) is 30.3 Å². The van der Waals surface area contributed by atoms with Crippen molar-refractivity contribution in [3.63, 3.8) is 0 Å². The molecule has 3 amide bonds. The summed E-state index contributed by atoms with van der Waals surface area (Å²) in [6.07, 6.45) is 2.65. The van der Waals surface area contributed by atoms with Crippen molar-refractivity contribution in [1.82, 2.24) is 4.90 Å². The SMILES string of the molecule is COc1ccc([Si](C)(C)[C@H]2[C@H](CC(=O)N3CCC[C@H]3CO)O[C@@]3(C(=O)N(C)c4ccc(N5CCCC5=O)cc43)[C@@H]2C)cc1. The van der Waals surface area contributed by atoms with E-state index in [1.54, 1.807) is 28.9 Å². The third-order valence-corrected chi connectivity index (χ3v) is 15.0. The number of likely N-dealkylation sites (N-methyl/N-ethyl adjacent to an activating group) is 1. The molecule has 4 heterocycles. The quantitative estimate of drug-likeness (QED) is 0.486. The number of likely N-dealkylation sites (tertiary alicyclic amines) is 1. The second-order valence-corrected chi connectivity index (χ2v) is 17.8. The maximum atomic E-state index is 14.4. The van der Waals surface area contributed by atoms with Crippen molar-refractivity contribution in [3.8, 4) is 5.75 Å². The Morgan fingerprint density at radius 3 is 2.51 bits per heavy atom. The van der Waals surface area contributed by atoms with Gasteiger partial charge in [-0.1, -0.05) is 37.3 Å². The third-order valence-electron chi connectivity index (χ3n) is 10.6. The Hall–Kier alpha value is -3.21. The van der Waals surface area contributed by atoms with Crippen molar-refractivity contribution < 1.29 is 29.0 Å². The van der Waals surface area contributed by atoms with E-state index >= 15 is 0 Å². The van der Waals surface area contributed by atoms with Crippen LogP contribution in [-0.4, -0.2) is 81.8 Å². The Labute approximate surface area is 254 Å². The van der Waals surface area contributed by atoms with Gasteiger partial charge in [0, 0.05) is 43.7 Å². The van der Waals surface area contributed by atoms with Crippen LogP contribution < -0.4 is 19.7 Å². The first kappa shape index (κ1) is 29.8. The number of amides is 3. The maximum Gasteiger partial charge on any atom is 0.264 e. The zero-order chi connectivity index (χ0) is 30.7. The fourth-order valence-corrected chi connectivity index (χ4v) is 12.4. The van der Waals surface area contributed by atoms with E-state index in [9.17, 15) is 19.5 Å². The first-order valence-electron chi connectivity index (χ1n) is 15.5. The minimum atomic E-state index is -2.39. The molecule has 3 fully saturated rings. The average Bonchev–Trinajstić information content (AvgIpc) is 3.76. The van der Waals surface area contributed by atoms with Gasteiger partial charge >= 0.3 is 0 Å². The molecule has 5 atom stereocenters. The van der Waals surface area contributed by atoms with Crippen molar-refractivity contribution in [3.05, 3.63) is 48.0 Å². The van der Waals surface area contributed by atoms with Gasteiger partial charge in [0.15, 0.2) is 5.60 Å². The molecule has 1 spiro atoms. The summed E-state index contributed by atoms with van der Waals surface area (Å²) >= 11 is 0. The number of aliphatic hydroxyl groups is 1. The predicted octanol–water partition coefficient (Wildman–Crippen LogP) is 3.39. The summed E-state index contributed by atoms with van der Waals surface area (Å²) in [6, 6.07) is 13.8. The molecule has 4 aliphatic rings. The molecule has 43 heavy (non-hydrogen) atoms. The predicted molar refractivity (Wildman–Crippen MR) is 167 cm³/mol. The Morgan fingerprint density at radius 2 is 1.86 bits per heavy atom. The van der Waals surface area contributed by atoms with Gasteiger partial charge in [-0.05, 0) is 55.1 Å². The summed E-state index contributed by atoms with van der Waals surface area (Å²) in [4.78, 5) is 46.1. The first-order valence-corrected chi connectivity index (χ1v) is 18.6. The molecule has 0 bridgehead atoms. The Kier molecular flexibility index (Phi) is 7.67. The maximum absolute atomic E-state index is 14.4. The number of hydrogen-bond acceptors (Lipinski definition) is 6. The average molecular weight is 606 g/mol. The second kappa shape index (κ2) is 11.1. The van der Waals surface area contributed by atoms with Crippen molar-refractivity contribution in [2.75, 3.05) is 43.7 Å². The van der Waals surface area contributed by atoms with Crippen molar-refractivity contribution in [1.29, 1.82) is 0 Å². The molecule has 1 N–H and O–H groups in total. The van der Waals surface area contributed by atoms with Gasteiger partial charge in [-0.3, -0.25) is 14.4 Å². The van der Waals surface area contributed by atoms with E-state index < -0.39 is 19.8 Å². The lowest BCUT2D eigenvalue weighted by molar-refractivity contribution is -0.149. The van der Waals surface area contributed by atoms with Gasteiger partial charge in [0.2, 0.25) is 11.8 Å². The van der Waals surface area contributed by atoms with Crippen molar-refractivity contribution >= 4 is 42.4 Å². The normalized spacial score (nSPS) is 28.8. The molecule has 6 rings (SSSR count). The van der Waals surface area contributed by atoms with Gasteiger partial charge in [-0.2, -0.15) is 0 Å². The Balaban J connectivity index is 1.44. The molecule has 2 aromatic carbocycles. The largest absolute Gasteiger partial charge is 0.497 e. The van der Waals surface area contributed by atoms with E-state index in [4.69, 9.17) is 9.47 Å². The highest BCUT2D eigenvalue weighted by Crippen LogP contribution is 2.60. The van der Waals surface area contributed by atoms with Gasteiger partial charge in [-0.25, -0.2) is 0 Å². The lowest BCUT2D eigenvalue weighted by Gasteiger charge is -2.37. The van der Waals surface area contributed by atoms with Crippen LogP contribution in [0.4, 0.5) is 11.4 Å². The minimum absolute atomic E-state index is 0.0363. The number of benzene rings is 2. The zero-order valence-corrected chi connectivity index (χ0v) is 26.8. The number of anilines is 2. The number of fused-ring (bicyclic) bond motifs is 2. The fourth-order valence-electron chi connectivity index (χ4n) is 8.34. The number of carbonyl (C=O) groups excluding carboxylic acids is 3. The summed E-state index contributed by atoms with van der Waals surface area (Å²) in [5.41, 5.74) is 1.00. The summed E-state index contributed by atoms with van der Waals surface area (Å²) in [5, 5.41) is 11.1. The third kappa shape index (κ3) is 4.60. The van der Waals surface area contributed by atoms with Crippen LogP contribution in [-0.2, 0) is 24.7 Å². The van der Waals surface area contributed by atoms with Gasteiger partial charge < -0.3 is 29.3 Å². The summed E-state index contributed by atoms with van der Waals surface area (Å²) < 4.78 is 12.5. The summed E-state index contributed by atoms with van der Waals surface area (Å²) in [7, 11) is 1.04. The van der Waals surface area contributed by atoms with Crippen LogP contribution >= 0.6 is 0 Å². The van der Waals surface area contributed by atoms with Gasteiger partial charge in [0.1, 0.15) is 5.75 Å². The van der Waals surface area contributed by atoms with Crippen LogP contribution in [0.2, 0.25) is 18.6 Å². The first-order chi connectivity index (χ1) is 20.5. The molecule has 0 unspecified atom stereocenters. The van der Waals surface area contributed by atoms with Crippen molar-refractivity contribution in [2.45, 2.75) is 75.4 Å². The molecule has 0 aromatic heterocycles. The van der Waals surface area contributed by atoms with Crippen LogP contribution in [0.5, 0.6) is 5.75 Å². The molecule has 10 heteroatoms. The van der Waals surface area contributed by atoms with Gasteiger partial charge in [-0.15, -0.1) is 0 Å². The van der Waals surface area contributed by atoms with E-state index in [2.05, 4.69) is 32.2 Å². The smallest absolute Gasteiger partial charge is 0.264 e. The van der Waals surface area contributed by atoms with E-state index in [-0.39, 0.29) is 48.3 Å². The molecule has 9 nitrogen and oxygen atoms in total. The molecule has 3 saturated heterocycles. The standard InChI is InChI=1S/C33H43N3O6Si/c1-21-31(43(4,5)25-13-11-24(41-3)12-14-25)28(19-30(39)36-16-6-8-23(36)20-37)42-33(21)26-18-22(35-17-7-9-29(35)38)10-15-27(26)34(2)32(33)40/h10-15,18,21,23,28,31,37H,6-9,16-17,19-20H2,1-5H3/t21-,23+,28+,31-,33+/m1/s1. The molecule has 4 aliphatic heterocycles. The number of hydrogen-bond donors (Lipinski definition) is 1. The number of ether oxygens (including phenoxy) is 2. The molecule has 0 aliphatic carbocycles. The van der Waals surface area contributed by atoms with Crippen LogP contribution in [0.25, 0.3) is 0 Å². The topological polar surface area (TPSA) is 99.6 Å². The number of carbonyl (C=O) groups is 3. The Bertz CT molecular complexity index is 1430. The van der Waals surface area contributed by atoms with Gasteiger partial charge in [0.05, 0.1) is 46.0 Å². The lowest BCUT2D eigenvalue weighted by Crippen LogP contribution is -2.52. The van der Waals surface area contributed by atoms with E-state index in [1.165, 1.54) is 5.19 Å². The number of rotatable bonds is 7. The van der Waals surface area contributed by atoms with Crippen LogP contribution in [0.1, 0.15) is 44.6 Å². The molecule has 0 radical (unpaired) electrons. The van der Waals surface area contributed by atoms with E-state index in [0.29, 0.717) is 19.5 Å². The second-order valence-electron chi connectivity index (χ2n) is 13.1. The number of nitrogens with zero attached hydrogens (tertiary/aromatic N) is 3. The van der Waals surface area contributed by atoms with E-state index in [0.717, 1.165) is 42.0 Å². The summed E-state index contributed by atoms with van der Waals surface area (Å²) in [6.45, 7) is 7.93. The highest BCUT2D eigenvalue weighted by molar-refractivity contribution is 6.91. The zero-order valence-electron chi connectivity index (χ0n) is 25.8. The minimum Gasteiger partial charge on any atom is -0.497 e. The lowest BCUT2D eigenvalue weighted by atomic mass is 9.82. The molecular formula is C33H43N3O6Si. The van der Waals surface area contributed by atoms with Crippen LogP contribution in [0.15, 0.2) is 42.5 Å². The van der Waals surface area contributed by atoms with Gasteiger partial charge in [0.25, 0.3) is 5.91 Å². The number of aliphatic hydroxyl groups excluding tert-OH is 1. The molecule has 0 saturated carbocycles. The monoisotopic (exact) mass is 605 g/mol. The molecule has 2 aromatic rings. The fraction of sp³-hybridized carbons (Fsp3) is 0.545. The van der Waals surface area contributed by atoms with Crippen LogP contribution in [0, 0.1) is 5.92 Å². The van der Waals surface area contributed by atoms with Crippen LogP contribution in [0.3, 0.4) is 0 Å². The van der Waals surface area contributed by atoms with Crippen molar-refractivity contribution in [2.24, 2.45) is 5.92 Å². The number of methoxy groups -OCH3 is 1. The molecular weight excluding hydrogens is 562 g/mol. The molecule has 230 valence electrons. The highest BCUT2D eigenvalue weighted by atomic mass is 28.3. The summed E-state index contributed by atoms with van der Waals surface area (Å²) in [5.74, 6) is 0.467. The Morgan fingerprint density at radius 1 is 1.12 bits per heavy atom.